The molecule has 0 unspecified atom stereocenters. The van der Waals surface area contributed by atoms with E-state index in [4.69, 9.17) is 0 Å². The largest absolute Gasteiger partial charge is 0.295 e. The minimum atomic E-state index is -0.209. The van der Waals surface area contributed by atoms with Crippen LogP contribution in [0.15, 0.2) is 6.33 Å². The molecule has 0 bridgehead atoms. The maximum Gasteiger partial charge on any atom is 0.233 e. The van der Waals surface area contributed by atoms with Crippen molar-refractivity contribution in [3.05, 3.63) is 12.7 Å². The van der Waals surface area contributed by atoms with Crippen LogP contribution in [0.4, 0.5) is 5.95 Å². The van der Waals surface area contributed by atoms with Crippen LogP contribution >= 0.6 is 0 Å². The number of anilines is 1. The standard InChI is InChI=1S/C5H5N4O/c1-4(10)9-5-7-2-6-3-8-5/h2H,1H3,(H,6,7,8,9,10). The molecule has 0 aliphatic heterocycles. The second kappa shape index (κ2) is 2.86. The molecule has 1 N–H and O–H groups in total. The number of amides is 1. The molecule has 1 amide bonds. The molecule has 0 fully saturated rings. The minimum Gasteiger partial charge on any atom is -0.295 e. The summed E-state index contributed by atoms with van der Waals surface area (Å²) in [6, 6.07) is 0. The normalized spacial score (nSPS) is 8.90. The fourth-order valence-electron chi connectivity index (χ4n) is 0.432. The molecule has 0 aliphatic rings. The summed E-state index contributed by atoms with van der Waals surface area (Å²) in [4.78, 5) is 21.0. The summed E-state index contributed by atoms with van der Waals surface area (Å²) in [5, 5.41) is 2.37. The Kier molecular flexibility index (Phi) is 1.89. The van der Waals surface area contributed by atoms with Crippen LogP contribution in [0.2, 0.25) is 0 Å². The van der Waals surface area contributed by atoms with Crippen LogP contribution in [0.1, 0.15) is 6.92 Å². The van der Waals surface area contributed by atoms with Crippen molar-refractivity contribution in [3.63, 3.8) is 0 Å². The van der Waals surface area contributed by atoms with Gasteiger partial charge in [0, 0.05) is 6.92 Å². The van der Waals surface area contributed by atoms with Crippen LogP contribution < -0.4 is 5.32 Å². The Hall–Kier alpha value is -1.52. The van der Waals surface area contributed by atoms with Gasteiger partial charge >= 0.3 is 0 Å². The number of aromatic nitrogens is 3. The molecular formula is C5H5N4O. The van der Waals surface area contributed by atoms with Crippen molar-refractivity contribution < 1.29 is 4.79 Å². The highest BCUT2D eigenvalue weighted by molar-refractivity contribution is 5.86. The third-order valence-electron chi connectivity index (χ3n) is 0.739. The summed E-state index contributed by atoms with van der Waals surface area (Å²) in [5.41, 5.74) is 0. The third-order valence-corrected chi connectivity index (χ3v) is 0.739. The Balaban J connectivity index is 2.67. The average molecular weight is 137 g/mol. The van der Waals surface area contributed by atoms with Crippen molar-refractivity contribution in [2.45, 2.75) is 6.92 Å². The summed E-state index contributed by atoms with van der Waals surface area (Å²) in [6.45, 7) is 1.38. The molecule has 1 heterocycles. The van der Waals surface area contributed by atoms with Crippen LogP contribution in [0.3, 0.4) is 0 Å². The third kappa shape index (κ3) is 1.77. The second-order valence-electron chi connectivity index (χ2n) is 1.59. The van der Waals surface area contributed by atoms with Crippen molar-refractivity contribution in [2.24, 2.45) is 0 Å². The van der Waals surface area contributed by atoms with E-state index in [1.54, 1.807) is 0 Å². The predicted octanol–water partition coefficient (Wildman–Crippen LogP) is -0.370. The number of hydrogen-bond acceptors (Lipinski definition) is 4. The van der Waals surface area contributed by atoms with E-state index in [9.17, 15) is 4.79 Å². The number of nitrogens with zero attached hydrogens (tertiary/aromatic N) is 3. The summed E-state index contributed by atoms with van der Waals surface area (Å²) < 4.78 is 0. The van der Waals surface area contributed by atoms with Crippen LogP contribution in [-0.4, -0.2) is 20.9 Å². The zero-order valence-corrected chi connectivity index (χ0v) is 5.33. The van der Waals surface area contributed by atoms with Crippen LogP contribution in [0, 0.1) is 6.33 Å². The van der Waals surface area contributed by atoms with Crippen molar-refractivity contribution in [2.75, 3.05) is 5.32 Å². The molecule has 10 heavy (non-hydrogen) atoms. The first-order valence-electron chi connectivity index (χ1n) is 2.61. The van der Waals surface area contributed by atoms with Gasteiger partial charge in [0.2, 0.25) is 18.2 Å². The Labute approximate surface area is 57.5 Å². The molecule has 1 aromatic rings. The quantitative estimate of drug-likeness (QED) is 0.573. The van der Waals surface area contributed by atoms with E-state index in [0.717, 1.165) is 0 Å². The van der Waals surface area contributed by atoms with Crippen LogP contribution in [-0.2, 0) is 4.79 Å². The number of hydrogen-bond donors (Lipinski definition) is 1. The lowest BCUT2D eigenvalue weighted by atomic mass is 10.7. The molecule has 1 radical (unpaired) electrons. The number of carbonyl (C=O) groups is 1. The van der Waals surface area contributed by atoms with E-state index < -0.39 is 0 Å². The zero-order valence-electron chi connectivity index (χ0n) is 5.33. The summed E-state index contributed by atoms with van der Waals surface area (Å²) >= 11 is 0. The van der Waals surface area contributed by atoms with Gasteiger partial charge in [-0.15, -0.1) is 0 Å². The van der Waals surface area contributed by atoms with Crippen molar-refractivity contribution >= 4 is 11.9 Å². The molecule has 0 saturated carbocycles. The fourth-order valence-corrected chi connectivity index (χ4v) is 0.432. The lowest BCUT2D eigenvalue weighted by Crippen LogP contribution is -2.08. The topological polar surface area (TPSA) is 67.8 Å². The van der Waals surface area contributed by atoms with Gasteiger partial charge in [-0.3, -0.25) is 10.1 Å². The van der Waals surface area contributed by atoms with Gasteiger partial charge in [-0.1, -0.05) is 0 Å². The zero-order chi connectivity index (χ0) is 7.40. The van der Waals surface area contributed by atoms with Gasteiger partial charge in [0.05, 0.1) is 0 Å². The SMILES string of the molecule is CC(=O)Nc1n[c]ncn1. The number of rotatable bonds is 1. The molecule has 51 valence electrons. The summed E-state index contributed by atoms with van der Waals surface area (Å²) in [7, 11) is 0. The molecule has 1 aromatic heterocycles. The first-order valence-corrected chi connectivity index (χ1v) is 2.61. The Bertz CT molecular complexity index is 222. The molecule has 1 rings (SSSR count). The molecule has 0 spiro atoms. The highest BCUT2D eigenvalue weighted by Gasteiger charge is 1.94. The summed E-state index contributed by atoms with van der Waals surface area (Å²) in [5.74, 6) is 0.0158. The van der Waals surface area contributed by atoms with Gasteiger partial charge in [0.25, 0.3) is 0 Å². The molecule has 5 heteroatoms. The van der Waals surface area contributed by atoms with Crippen molar-refractivity contribution in [1.29, 1.82) is 0 Å². The number of carbonyl (C=O) groups excluding carboxylic acids is 1. The molecule has 0 aliphatic carbocycles. The highest BCUT2D eigenvalue weighted by Crippen LogP contribution is 1.89. The fraction of sp³-hybridized carbons (Fsp3) is 0.200. The minimum absolute atomic E-state index is 0.209. The Morgan fingerprint density at radius 1 is 1.80 bits per heavy atom. The van der Waals surface area contributed by atoms with E-state index in [2.05, 4.69) is 26.6 Å². The molecular weight excluding hydrogens is 132 g/mol. The molecule has 0 atom stereocenters. The molecule has 0 saturated heterocycles. The lowest BCUT2D eigenvalue weighted by Gasteiger charge is -1.94. The van der Waals surface area contributed by atoms with E-state index in [-0.39, 0.29) is 11.9 Å². The van der Waals surface area contributed by atoms with E-state index in [0.29, 0.717) is 0 Å². The smallest absolute Gasteiger partial charge is 0.233 e. The maximum atomic E-state index is 10.4. The van der Waals surface area contributed by atoms with Gasteiger partial charge in [0.1, 0.15) is 6.33 Å². The van der Waals surface area contributed by atoms with Crippen molar-refractivity contribution in [3.8, 4) is 0 Å². The van der Waals surface area contributed by atoms with E-state index in [1.165, 1.54) is 13.3 Å². The van der Waals surface area contributed by atoms with Gasteiger partial charge in [-0.05, 0) is 0 Å². The van der Waals surface area contributed by atoms with Gasteiger partial charge < -0.3 is 0 Å². The van der Waals surface area contributed by atoms with Crippen LogP contribution in [0.25, 0.3) is 0 Å². The second-order valence-corrected chi connectivity index (χ2v) is 1.59. The van der Waals surface area contributed by atoms with Gasteiger partial charge in [0.15, 0.2) is 0 Å². The monoisotopic (exact) mass is 137 g/mol. The number of nitrogens with one attached hydrogen (secondary N) is 1. The molecule has 5 nitrogen and oxygen atoms in total. The highest BCUT2D eigenvalue weighted by atomic mass is 16.1. The Morgan fingerprint density at radius 3 is 3.10 bits per heavy atom. The first-order chi connectivity index (χ1) is 4.79. The Morgan fingerprint density at radius 2 is 2.60 bits per heavy atom. The van der Waals surface area contributed by atoms with E-state index >= 15 is 0 Å². The van der Waals surface area contributed by atoms with E-state index in [1.807, 2.05) is 0 Å². The van der Waals surface area contributed by atoms with Crippen molar-refractivity contribution in [1.82, 2.24) is 15.0 Å². The van der Waals surface area contributed by atoms with Gasteiger partial charge in [-0.25, -0.2) is 9.97 Å². The summed E-state index contributed by atoms with van der Waals surface area (Å²) in [6.07, 6.45) is 3.55. The maximum absolute atomic E-state index is 10.4. The van der Waals surface area contributed by atoms with Crippen LogP contribution in [0.5, 0.6) is 0 Å². The lowest BCUT2D eigenvalue weighted by molar-refractivity contribution is -0.114. The first kappa shape index (κ1) is 6.60. The average Bonchev–Trinajstić information content (AvgIpc) is 1.88. The van der Waals surface area contributed by atoms with Gasteiger partial charge in [-0.2, -0.15) is 4.98 Å². The molecule has 0 aromatic carbocycles. The predicted molar refractivity (Wildman–Crippen MR) is 33.0 cm³/mol.